The number of alkyl halides is 4. The Bertz CT molecular complexity index is 404. The van der Waals surface area contributed by atoms with Crippen molar-refractivity contribution in [2.24, 2.45) is 0 Å². The number of benzene rings is 1. The van der Waals surface area contributed by atoms with Gasteiger partial charge in [0, 0.05) is 6.07 Å². The summed E-state index contributed by atoms with van der Waals surface area (Å²) in [7, 11) is 0. The van der Waals surface area contributed by atoms with Gasteiger partial charge in [0.2, 0.25) is 0 Å². The SMILES string of the molecule is CC.Cc1cc2c(cc1F)OC(F)(F)C(F)(F)O2. The topological polar surface area (TPSA) is 18.5 Å². The van der Waals surface area contributed by atoms with Gasteiger partial charge in [0.15, 0.2) is 11.5 Å². The summed E-state index contributed by atoms with van der Waals surface area (Å²) in [5.74, 6) is -2.21. The van der Waals surface area contributed by atoms with Crippen LogP contribution in [0.2, 0.25) is 0 Å². The van der Waals surface area contributed by atoms with Gasteiger partial charge in [-0.3, -0.25) is 0 Å². The highest BCUT2D eigenvalue weighted by Gasteiger charge is 2.66. The predicted octanol–water partition coefficient (Wildman–Crippen LogP) is 4.12. The van der Waals surface area contributed by atoms with E-state index >= 15 is 0 Å². The fourth-order valence-electron chi connectivity index (χ4n) is 1.19. The molecule has 1 aromatic rings. The van der Waals surface area contributed by atoms with Crippen molar-refractivity contribution in [1.29, 1.82) is 0 Å². The first-order valence-corrected chi connectivity index (χ1v) is 5.17. The molecule has 1 aromatic carbocycles. The minimum atomic E-state index is -4.82. The average Bonchev–Trinajstić information content (AvgIpc) is 2.25. The molecule has 0 saturated heterocycles. The fraction of sp³-hybridized carbons (Fsp3) is 0.455. The molecule has 0 aliphatic carbocycles. The van der Waals surface area contributed by atoms with Crippen molar-refractivity contribution >= 4 is 0 Å². The number of hydrogen-bond acceptors (Lipinski definition) is 2. The first-order valence-electron chi connectivity index (χ1n) is 5.17. The molecule has 0 aromatic heterocycles. The van der Waals surface area contributed by atoms with E-state index in [4.69, 9.17) is 0 Å². The molecule has 0 radical (unpaired) electrons. The standard InChI is InChI=1S/C9H5F5O2.C2H6/c1-4-2-6-7(3-5(4)10)16-9(13,14)8(11,12)15-6;1-2/h2-3H,1H3;1-2H3. The molecule has 1 heterocycles. The normalized spacial score (nSPS) is 18.7. The zero-order valence-corrected chi connectivity index (χ0v) is 9.86. The Morgan fingerprint density at radius 3 is 1.72 bits per heavy atom. The van der Waals surface area contributed by atoms with Crippen LogP contribution < -0.4 is 9.47 Å². The Labute approximate surface area is 100 Å². The second kappa shape index (κ2) is 4.62. The highest BCUT2D eigenvalue weighted by atomic mass is 19.3. The number of fused-ring (bicyclic) bond motifs is 1. The molecule has 18 heavy (non-hydrogen) atoms. The van der Waals surface area contributed by atoms with Crippen molar-refractivity contribution < 1.29 is 31.4 Å². The number of rotatable bonds is 0. The molecule has 0 spiro atoms. The van der Waals surface area contributed by atoms with Gasteiger partial charge in [-0.05, 0) is 18.6 Å². The minimum absolute atomic E-state index is 0.0108. The lowest BCUT2D eigenvalue weighted by Gasteiger charge is -2.31. The van der Waals surface area contributed by atoms with Crippen LogP contribution in [0.4, 0.5) is 22.0 Å². The smallest absolute Gasteiger partial charge is 0.421 e. The zero-order valence-electron chi connectivity index (χ0n) is 9.86. The lowest BCUT2D eigenvalue weighted by atomic mass is 10.2. The highest BCUT2D eigenvalue weighted by Crippen LogP contribution is 2.47. The third kappa shape index (κ3) is 2.34. The molecule has 2 rings (SSSR count). The molecule has 0 bridgehead atoms. The second-order valence-electron chi connectivity index (χ2n) is 3.29. The largest absolute Gasteiger partial charge is 0.507 e. The van der Waals surface area contributed by atoms with E-state index in [2.05, 4.69) is 9.47 Å². The summed E-state index contributed by atoms with van der Waals surface area (Å²) in [5.41, 5.74) is -0.0108. The monoisotopic (exact) mass is 270 g/mol. The van der Waals surface area contributed by atoms with Crippen LogP contribution in [-0.4, -0.2) is 12.2 Å². The summed E-state index contributed by atoms with van der Waals surface area (Å²) in [6.45, 7) is 5.28. The first kappa shape index (κ1) is 14.5. The minimum Gasteiger partial charge on any atom is -0.421 e. The summed E-state index contributed by atoms with van der Waals surface area (Å²) in [6.07, 6.45) is -9.59. The Morgan fingerprint density at radius 1 is 0.889 bits per heavy atom. The van der Waals surface area contributed by atoms with Crippen LogP contribution >= 0.6 is 0 Å². The van der Waals surface area contributed by atoms with Gasteiger partial charge in [0.1, 0.15) is 5.82 Å². The van der Waals surface area contributed by atoms with E-state index in [0.29, 0.717) is 6.07 Å². The van der Waals surface area contributed by atoms with Crippen LogP contribution in [0.3, 0.4) is 0 Å². The fourth-order valence-corrected chi connectivity index (χ4v) is 1.19. The van der Waals surface area contributed by atoms with Gasteiger partial charge >= 0.3 is 12.2 Å². The maximum atomic E-state index is 13.0. The van der Waals surface area contributed by atoms with Crippen LogP contribution in [0.25, 0.3) is 0 Å². The molecule has 1 aliphatic heterocycles. The molecule has 0 N–H and O–H groups in total. The third-order valence-corrected chi connectivity index (χ3v) is 2.04. The van der Waals surface area contributed by atoms with Gasteiger partial charge in [-0.15, -0.1) is 0 Å². The van der Waals surface area contributed by atoms with Crippen molar-refractivity contribution in [3.8, 4) is 11.5 Å². The summed E-state index contributed by atoms with van der Waals surface area (Å²) < 4.78 is 71.3. The summed E-state index contributed by atoms with van der Waals surface area (Å²) in [5, 5.41) is 0. The van der Waals surface area contributed by atoms with Gasteiger partial charge < -0.3 is 9.47 Å². The van der Waals surface area contributed by atoms with Crippen molar-refractivity contribution in [3.63, 3.8) is 0 Å². The van der Waals surface area contributed by atoms with E-state index in [1.165, 1.54) is 6.92 Å². The second-order valence-corrected chi connectivity index (χ2v) is 3.29. The van der Waals surface area contributed by atoms with Crippen LogP contribution in [0.1, 0.15) is 19.4 Å². The van der Waals surface area contributed by atoms with Gasteiger partial charge in [-0.1, -0.05) is 13.8 Å². The van der Waals surface area contributed by atoms with Gasteiger partial charge in [0.05, 0.1) is 0 Å². The van der Waals surface area contributed by atoms with Crippen molar-refractivity contribution in [3.05, 3.63) is 23.5 Å². The van der Waals surface area contributed by atoms with Gasteiger partial charge in [-0.25, -0.2) is 4.39 Å². The Kier molecular flexibility index (Phi) is 3.73. The van der Waals surface area contributed by atoms with Crippen LogP contribution in [0.15, 0.2) is 12.1 Å². The molecule has 0 fully saturated rings. The van der Waals surface area contributed by atoms with Crippen molar-refractivity contribution in [1.82, 2.24) is 0 Å². The molecular weight excluding hydrogens is 259 g/mol. The van der Waals surface area contributed by atoms with E-state index in [1.807, 2.05) is 13.8 Å². The Balaban J connectivity index is 0.000000771. The zero-order chi connectivity index (χ0) is 14.1. The molecule has 7 heteroatoms. The van der Waals surface area contributed by atoms with E-state index in [0.717, 1.165) is 6.07 Å². The summed E-state index contributed by atoms with van der Waals surface area (Å²) in [4.78, 5) is 0. The molecule has 0 unspecified atom stereocenters. The van der Waals surface area contributed by atoms with Crippen LogP contribution in [0, 0.1) is 12.7 Å². The third-order valence-electron chi connectivity index (χ3n) is 2.04. The number of ether oxygens (including phenoxy) is 2. The van der Waals surface area contributed by atoms with Gasteiger partial charge in [0.25, 0.3) is 0 Å². The molecule has 0 atom stereocenters. The number of halogens is 5. The van der Waals surface area contributed by atoms with Crippen LogP contribution in [-0.2, 0) is 0 Å². The number of aryl methyl sites for hydroxylation is 1. The Morgan fingerprint density at radius 2 is 1.28 bits per heavy atom. The predicted molar refractivity (Wildman–Crippen MR) is 53.6 cm³/mol. The van der Waals surface area contributed by atoms with E-state index in [9.17, 15) is 22.0 Å². The van der Waals surface area contributed by atoms with Crippen molar-refractivity contribution in [2.45, 2.75) is 33.0 Å². The quantitative estimate of drug-likeness (QED) is 0.660. The molecule has 0 amide bonds. The maximum Gasteiger partial charge on any atom is 0.507 e. The Hall–Kier alpha value is -1.53. The average molecular weight is 270 g/mol. The lowest BCUT2D eigenvalue weighted by Crippen LogP contribution is -2.52. The van der Waals surface area contributed by atoms with Crippen LogP contribution in [0.5, 0.6) is 11.5 Å². The van der Waals surface area contributed by atoms with Crippen molar-refractivity contribution in [2.75, 3.05) is 0 Å². The molecule has 0 saturated carbocycles. The maximum absolute atomic E-state index is 13.0. The van der Waals surface area contributed by atoms with E-state index in [-0.39, 0.29) is 5.56 Å². The van der Waals surface area contributed by atoms with E-state index in [1.54, 1.807) is 0 Å². The molecule has 1 aliphatic rings. The highest BCUT2D eigenvalue weighted by molar-refractivity contribution is 5.45. The molecule has 102 valence electrons. The number of hydrogen-bond donors (Lipinski definition) is 0. The first-order chi connectivity index (χ1) is 8.23. The summed E-state index contributed by atoms with van der Waals surface area (Å²) >= 11 is 0. The summed E-state index contributed by atoms with van der Waals surface area (Å²) in [6, 6.07) is 1.45. The van der Waals surface area contributed by atoms with E-state index < -0.39 is 29.5 Å². The molecule has 2 nitrogen and oxygen atoms in total. The molecular formula is C11H11F5O2. The van der Waals surface area contributed by atoms with Gasteiger partial charge in [-0.2, -0.15) is 17.6 Å². The lowest BCUT2D eigenvalue weighted by molar-refractivity contribution is -0.391.